The maximum atomic E-state index is 11.2. The third kappa shape index (κ3) is 2.13. The number of fused-ring (bicyclic) bond motifs is 2. The van der Waals surface area contributed by atoms with Gasteiger partial charge in [0.25, 0.3) is 0 Å². The Kier molecular flexibility index (Phi) is 2.93. The molecule has 1 aliphatic rings. The molecule has 0 N–H and O–H groups in total. The molecule has 0 atom stereocenters. The summed E-state index contributed by atoms with van der Waals surface area (Å²) < 4.78 is 11.2. The number of benzene rings is 1. The molecule has 2 aromatic rings. The van der Waals surface area contributed by atoms with Gasteiger partial charge >= 0.3 is 0 Å². The predicted octanol–water partition coefficient (Wildman–Crippen LogP) is 3.61. The van der Waals surface area contributed by atoms with Crippen LogP contribution in [0.2, 0.25) is 0 Å². The number of allylic oxidation sites excluding steroid dienone is 1. The number of ether oxygens (including phenoxy) is 1. The van der Waals surface area contributed by atoms with Crippen molar-refractivity contribution in [2.45, 2.75) is 13.3 Å². The van der Waals surface area contributed by atoms with Gasteiger partial charge in [-0.05, 0) is 46.9 Å². The molecule has 6 nitrogen and oxygen atoms in total. The van der Waals surface area contributed by atoms with E-state index in [1.807, 2.05) is 18.2 Å². The van der Waals surface area contributed by atoms with Crippen molar-refractivity contribution in [3.8, 4) is 5.75 Å². The molecule has 1 amide bonds. The Labute approximate surface area is 114 Å². The first-order valence-corrected chi connectivity index (χ1v) is 6.14. The number of hydrogen-bond acceptors (Lipinski definition) is 3. The first kappa shape index (κ1) is 12.3. The molecule has 0 saturated carbocycles. The van der Waals surface area contributed by atoms with E-state index in [1.165, 1.54) is 6.08 Å². The SMILES string of the molecule is C/C(=C\C(=O)N=[N+]=[N-])c1cc2cc3c(cc2o1)OCC3. The van der Waals surface area contributed by atoms with Crippen molar-refractivity contribution in [3.63, 3.8) is 0 Å². The zero-order chi connectivity index (χ0) is 14.1. The summed E-state index contributed by atoms with van der Waals surface area (Å²) >= 11 is 0. The second kappa shape index (κ2) is 4.75. The van der Waals surface area contributed by atoms with Crippen molar-refractivity contribution in [2.24, 2.45) is 5.11 Å². The Hall–Kier alpha value is -2.72. The van der Waals surface area contributed by atoms with Crippen molar-refractivity contribution in [1.29, 1.82) is 0 Å². The van der Waals surface area contributed by atoms with E-state index >= 15 is 0 Å². The van der Waals surface area contributed by atoms with Gasteiger partial charge in [0.15, 0.2) is 0 Å². The summed E-state index contributed by atoms with van der Waals surface area (Å²) in [6, 6.07) is 5.76. The molecule has 0 spiro atoms. The van der Waals surface area contributed by atoms with E-state index in [9.17, 15) is 4.79 Å². The summed E-state index contributed by atoms with van der Waals surface area (Å²) in [5, 5.41) is 3.96. The van der Waals surface area contributed by atoms with Crippen LogP contribution in [0.15, 0.2) is 33.8 Å². The molecule has 1 aliphatic heterocycles. The Morgan fingerprint density at radius 3 is 3.10 bits per heavy atom. The average Bonchev–Trinajstić information content (AvgIpc) is 3.00. The van der Waals surface area contributed by atoms with E-state index in [0.717, 1.165) is 23.1 Å². The van der Waals surface area contributed by atoms with Gasteiger partial charge in [-0.2, -0.15) is 0 Å². The van der Waals surface area contributed by atoms with E-state index < -0.39 is 5.91 Å². The molecule has 0 fully saturated rings. The third-order valence-corrected chi connectivity index (χ3v) is 3.20. The fourth-order valence-electron chi connectivity index (χ4n) is 2.24. The van der Waals surface area contributed by atoms with Gasteiger partial charge in [-0.25, -0.2) is 0 Å². The molecule has 0 aliphatic carbocycles. The number of furan rings is 1. The van der Waals surface area contributed by atoms with E-state index in [0.29, 0.717) is 23.5 Å². The molecule has 0 saturated heterocycles. The van der Waals surface area contributed by atoms with Crippen LogP contribution in [-0.4, -0.2) is 12.5 Å². The van der Waals surface area contributed by atoms with Gasteiger partial charge in [0.1, 0.15) is 17.1 Å². The molecule has 3 rings (SSSR count). The monoisotopic (exact) mass is 269 g/mol. The fraction of sp³-hybridized carbons (Fsp3) is 0.214. The molecule has 100 valence electrons. The molecule has 6 heteroatoms. The van der Waals surface area contributed by atoms with Crippen molar-refractivity contribution < 1.29 is 13.9 Å². The first-order chi connectivity index (χ1) is 9.67. The van der Waals surface area contributed by atoms with Crippen LogP contribution in [0, 0.1) is 0 Å². The standard InChI is InChI=1S/C14H11N3O3/c1-8(4-14(18)16-17-15)11-6-10-5-9-2-3-19-12(9)7-13(10)20-11/h4-7H,2-3H2,1H3/b8-4+. The molecule has 1 aromatic heterocycles. The van der Waals surface area contributed by atoms with Gasteiger partial charge in [-0.3, -0.25) is 4.79 Å². The first-order valence-electron chi connectivity index (χ1n) is 6.14. The highest BCUT2D eigenvalue weighted by Crippen LogP contribution is 2.33. The summed E-state index contributed by atoms with van der Waals surface area (Å²) in [7, 11) is 0. The maximum absolute atomic E-state index is 11.2. The van der Waals surface area contributed by atoms with Crippen LogP contribution in [0.4, 0.5) is 0 Å². The van der Waals surface area contributed by atoms with Crippen molar-refractivity contribution in [3.05, 3.63) is 46.0 Å². The van der Waals surface area contributed by atoms with Crippen LogP contribution >= 0.6 is 0 Å². The second-order valence-electron chi connectivity index (χ2n) is 4.56. The lowest BCUT2D eigenvalue weighted by Gasteiger charge is -1.97. The largest absolute Gasteiger partial charge is 0.493 e. The number of amides is 1. The molecule has 0 unspecified atom stereocenters. The molecular formula is C14H11N3O3. The van der Waals surface area contributed by atoms with E-state index in [4.69, 9.17) is 14.7 Å². The molecule has 20 heavy (non-hydrogen) atoms. The van der Waals surface area contributed by atoms with Crippen LogP contribution in [0.1, 0.15) is 18.2 Å². The normalized spacial score (nSPS) is 13.8. The molecule has 0 radical (unpaired) electrons. The Balaban J connectivity index is 2.01. The lowest BCUT2D eigenvalue weighted by atomic mass is 10.1. The van der Waals surface area contributed by atoms with E-state index in [1.54, 1.807) is 6.92 Å². The van der Waals surface area contributed by atoms with Crippen LogP contribution in [0.5, 0.6) is 5.75 Å². The lowest BCUT2D eigenvalue weighted by molar-refractivity contribution is -0.113. The smallest absolute Gasteiger partial charge is 0.242 e. The summed E-state index contributed by atoms with van der Waals surface area (Å²) in [6.45, 7) is 2.43. The average molecular weight is 269 g/mol. The summed E-state index contributed by atoms with van der Waals surface area (Å²) in [5.41, 5.74) is 10.7. The van der Waals surface area contributed by atoms with Crippen molar-refractivity contribution in [1.82, 2.24) is 0 Å². The predicted molar refractivity (Wildman–Crippen MR) is 73.2 cm³/mol. The quantitative estimate of drug-likeness (QED) is 0.361. The van der Waals surface area contributed by atoms with Gasteiger partial charge < -0.3 is 9.15 Å². The number of nitrogens with zero attached hydrogens (tertiary/aromatic N) is 3. The topological polar surface area (TPSA) is 88.2 Å². The summed E-state index contributed by atoms with van der Waals surface area (Å²) in [4.78, 5) is 13.7. The minimum atomic E-state index is -0.642. The number of rotatable bonds is 2. The molecule has 1 aromatic carbocycles. The van der Waals surface area contributed by atoms with E-state index in [2.05, 4.69) is 10.0 Å². The zero-order valence-corrected chi connectivity index (χ0v) is 10.8. The van der Waals surface area contributed by atoms with Crippen LogP contribution in [-0.2, 0) is 11.2 Å². The molecule has 2 heterocycles. The molecular weight excluding hydrogens is 258 g/mol. The van der Waals surface area contributed by atoms with Crippen LogP contribution in [0.25, 0.3) is 27.0 Å². The minimum absolute atomic E-state index is 0.574. The highest BCUT2D eigenvalue weighted by molar-refractivity contribution is 5.96. The van der Waals surface area contributed by atoms with Gasteiger partial charge in [0.2, 0.25) is 5.91 Å². The van der Waals surface area contributed by atoms with Gasteiger partial charge in [0, 0.05) is 22.8 Å². The summed E-state index contributed by atoms with van der Waals surface area (Å²) in [6.07, 6.45) is 2.15. The number of carbonyl (C=O) groups excluding carboxylic acids is 1. The number of carbonyl (C=O) groups is 1. The van der Waals surface area contributed by atoms with Gasteiger partial charge in [-0.15, -0.1) is 0 Å². The highest BCUT2D eigenvalue weighted by atomic mass is 16.5. The van der Waals surface area contributed by atoms with Crippen LogP contribution < -0.4 is 4.74 Å². The maximum Gasteiger partial charge on any atom is 0.242 e. The highest BCUT2D eigenvalue weighted by Gasteiger charge is 2.15. The minimum Gasteiger partial charge on any atom is -0.493 e. The third-order valence-electron chi connectivity index (χ3n) is 3.20. The van der Waals surface area contributed by atoms with Crippen molar-refractivity contribution in [2.75, 3.05) is 6.61 Å². The van der Waals surface area contributed by atoms with E-state index in [-0.39, 0.29) is 0 Å². The van der Waals surface area contributed by atoms with Crippen molar-refractivity contribution >= 4 is 22.4 Å². The molecule has 0 bridgehead atoms. The lowest BCUT2D eigenvalue weighted by Crippen LogP contribution is -1.86. The zero-order valence-electron chi connectivity index (χ0n) is 10.8. The van der Waals surface area contributed by atoms with Crippen LogP contribution in [0.3, 0.4) is 0 Å². The van der Waals surface area contributed by atoms with Gasteiger partial charge in [0.05, 0.1) is 6.61 Å². The van der Waals surface area contributed by atoms with Gasteiger partial charge in [-0.1, -0.05) is 0 Å². The summed E-state index contributed by atoms with van der Waals surface area (Å²) in [5.74, 6) is 0.784. The number of azide groups is 1. The Bertz CT molecular complexity index is 741. The second-order valence-corrected chi connectivity index (χ2v) is 4.56. The Morgan fingerprint density at radius 2 is 2.30 bits per heavy atom. The number of hydrogen-bond donors (Lipinski definition) is 0. The fourth-order valence-corrected chi connectivity index (χ4v) is 2.24. The Morgan fingerprint density at radius 1 is 1.45 bits per heavy atom.